The van der Waals surface area contributed by atoms with Crippen molar-refractivity contribution < 1.29 is 12.8 Å². The molecule has 0 bridgehead atoms. The van der Waals surface area contributed by atoms with Crippen LogP contribution >= 0.6 is 15.9 Å². The van der Waals surface area contributed by atoms with Crippen molar-refractivity contribution in [1.29, 1.82) is 0 Å². The molecule has 0 aromatic heterocycles. The Morgan fingerprint density at radius 1 is 1.20 bits per heavy atom. The van der Waals surface area contributed by atoms with E-state index in [1.54, 1.807) is 18.2 Å². The molecule has 2 aromatic rings. The number of hydrogen-bond acceptors (Lipinski definition) is 3. The molecule has 0 amide bonds. The van der Waals surface area contributed by atoms with Crippen LogP contribution in [0.5, 0.6) is 0 Å². The van der Waals surface area contributed by atoms with Crippen LogP contribution in [0.15, 0.2) is 51.8 Å². The smallest absolute Gasteiger partial charge is 0.263 e. The molecule has 0 spiro atoms. The number of anilines is 1. The van der Waals surface area contributed by atoms with Gasteiger partial charge in [0, 0.05) is 11.0 Å². The molecular weight excluding hydrogens is 347 g/mol. The van der Waals surface area contributed by atoms with Crippen molar-refractivity contribution >= 4 is 31.6 Å². The molecule has 0 aliphatic heterocycles. The first-order valence-electron chi connectivity index (χ1n) is 5.70. The molecular formula is C13H12BrFN2O2S. The molecule has 0 heterocycles. The Morgan fingerprint density at radius 3 is 2.50 bits per heavy atom. The summed E-state index contributed by atoms with van der Waals surface area (Å²) < 4.78 is 40.6. The molecule has 0 saturated heterocycles. The van der Waals surface area contributed by atoms with E-state index < -0.39 is 15.8 Å². The van der Waals surface area contributed by atoms with Crippen LogP contribution in [0.3, 0.4) is 0 Å². The maximum atomic E-state index is 13.5. The van der Waals surface area contributed by atoms with Crippen LogP contribution < -0.4 is 10.5 Å². The van der Waals surface area contributed by atoms with Gasteiger partial charge < -0.3 is 5.73 Å². The van der Waals surface area contributed by atoms with E-state index in [-0.39, 0.29) is 10.6 Å². The number of hydrogen-bond donors (Lipinski definition) is 2. The van der Waals surface area contributed by atoms with Gasteiger partial charge in [0.2, 0.25) is 0 Å². The molecule has 4 nitrogen and oxygen atoms in total. The summed E-state index contributed by atoms with van der Waals surface area (Å²) in [5, 5.41) is 0. The average Bonchev–Trinajstić information content (AvgIpc) is 2.40. The minimum Gasteiger partial charge on any atom is -0.326 e. The van der Waals surface area contributed by atoms with E-state index in [2.05, 4.69) is 20.7 Å². The highest BCUT2D eigenvalue weighted by Gasteiger charge is 2.19. The quantitative estimate of drug-likeness (QED) is 0.882. The summed E-state index contributed by atoms with van der Waals surface area (Å²) in [5.41, 5.74) is 6.18. The fraction of sp³-hybridized carbons (Fsp3) is 0.0769. The summed E-state index contributed by atoms with van der Waals surface area (Å²) in [5.74, 6) is -0.634. The van der Waals surface area contributed by atoms with E-state index in [9.17, 15) is 12.8 Å². The minimum atomic E-state index is -3.87. The number of sulfonamides is 1. The normalized spacial score (nSPS) is 11.3. The highest BCUT2D eigenvalue weighted by Crippen LogP contribution is 2.26. The maximum absolute atomic E-state index is 13.5. The van der Waals surface area contributed by atoms with E-state index in [1.165, 1.54) is 24.3 Å². The summed E-state index contributed by atoms with van der Waals surface area (Å²) in [6.07, 6.45) is 0. The lowest BCUT2D eigenvalue weighted by Gasteiger charge is -2.11. The van der Waals surface area contributed by atoms with Gasteiger partial charge in [0.25, 0.3) is 10.0 Å². The van der Waals surface area contributed by atoms with E-state index in [1.807, 2.05) is 0 Å². The molecule has 0 radical (unpaired) electrons. The predicted octanol–water partition coefficient (Wildman–Crippen LogP) is 2.85. The fourth-order valence-corrected chi connectivity index (χ4v) is 3.83. The molecule has 2 aromatic carbocycles. The van der Waals surface area contributed by atoms with Crippen LogP contribution in [-0.4, -0.2) is 8.42 Å². The number of para-hydroxylation sites is 1. The van der Waals surface area contributed by atoms with E-state index in [4.69, 9.17) is 5.73 Å². The first-order valence-corrected chi connectivity index (χ1v) is 7.97. The number of halogens is 2. The predicted molar refractivity (Wildman–Crippen MR) is 79.2 cm³/mol. The van der Waals surface area contributed by atoms with Crippen molar-refractivity contribution in [2.24, 2.45) is 5.73 Å². The van der Waals surface area contributed by atoms with Crippen molar-refractivity contribution in [3.8, 4) is 0 Å². The Bertz CT molecular complexity index is 735. The van der Waals surface area contributed by atoms with E-state index in [0.29, 0.717) is 11.0 Å². The zero-order chi connectivity index (χ0) is 14.8. The lowest BCUT2D eigenvalue weighted by molar-refractivity contribution is 0.598. The van der Waals surface area contributed by atoms with Crippen molar-refractivity contribution in [3.05, 3.63) is 58.3 Å². The second kappa shape index (κ2) is 5.90. The first kappa shape index (κ1) is 15.0. The van der Waals surface area contributed by atoms with Crippen molar-refractivity contribution in [2.45, 2.75) is 11.4 Å². The van der Waals surface area contributed by atoms with Gasteiger partial charge in [-0.25, -0.2) is 12.8 Å². The highest BCUT2D eigenvalue weighted by atomic mass is 79.9. The Morgan fingerprint density at radius 2 is 1.90 bits per heavy atom. The van der Waals surface area contributed by atoms with Gasteiger partial charge in [0.15, 0.2) is 0 Å². The van der Waals surface area contributed by atoms with Gasteiger partial charge in [-0.15, -0.1) is 0 Å². The number of nitrogens with one attached hydrogen (secondary N) is 1. The van der Waals surface area contributed by atoms with Gasteiger partial charge in [0.05, 0.1) is 5.69 Å². The molecule has 0 unspecified atom stereocenters. The summed E-state index contributed by atoms with van der Waals surface area (Å²) >= 11 is 3.19. The van der Waals surface area contributed by atoms with Crippen LogP contribution in [0.4, 0.5) is 10.1 Å². The third-order valence-corrected chi connectivity index (χ3v) is 4.98. The molecule has 7 heteroatoms. The molecule has 0 aliphatic rings. The topological polar surface area (TPSA) is 72.2 Å². The molecule has 0 saturated carbocycles. The Labute approximate surface area is 125 Å². The SMILES string of the molecule is NCc1ccc(S(=O)(=O)Nc2ccccc2F)c(Br)c1. The lowest BCUT2D eigenvalue weighted by Crippen LogP contribution is -2.14. The number of nitrogens with two attached hydrogens (primary N) is 1. The van der Waals surface area contributed by atoms with Crippen molar-refractivity contribution in [1.82, 2.24) is 0 Å². The summed E-state index contributed by atoms with van der Waals surface area (Å²) in [7, 11) is -3.87. The Hall–Kier alpha value is -1.44. The van der Waals surface area contributed by atoms with Crippen molar-refractivity contribution in [2.75, 3.05) is 4.72 Å². The number of rotatable bonds is 4. The van der Waals surface area contributed by atoms with Crippen LogP contribution in [-0.2, 0) is 16.6 Å². The molecule has 20 heavy (non-hydrogen) atoms. The van der Waals surface area contributed by atoms with Crippen LogP contribution in [0.1, 0.15) is 5.56 Å². The van der Waals surface area contributed by atoms with Gasteiger partial charge in [-0.3, -0.25) is 4.72 Å². The van der Waals surface area contributed by atoms with Gasteiger partial charge in [-0.1, -0.05) is 18.2 Å². The molecule has 3 N–H and O–H groups in total. The summed E-state index contributed by atoms with van der Waals surface area (Å²) in [6.45, 7) is 0.305. The fourth-order valence-electron chi connectivity index (χ4n) is 1.63. The molecule has 0 atom stereocenters. The minimum absolute atomic E-state index is 0.0259. The zero-order valence-electron chi connectivity index (χ0n) is 10.3. The lowest BCUT2D eigenvalue weighted by atomic mass is 10.2. The van der Waals surface area contributed by atoms with Crippen molar-refractivity contribution in [3.63, 3.8) is 0 Å². The second-order valence-corrected chi connectivity index (χ2v) is 6.56. The van der Waals surface area contributed by atoms with Gasteiger partial charge in [-0.2, -0.15) is 0 Å². The van der Waals surface area contributed by atoms with Gasteiger partial charge >= 0.3 is 0 Å². The summed E-state index contributed by atoms with van der Waals surface area (Å²) in [6, 6.07) is 10.2. The van der Waals surface area contributed by atoms with Crippen LogP contribution in [0.25, 0.3) is 0 Å². The average molecular weight is 359 g/mol. The third-order valence-electron chi connectivity index (χ3n) is 2.64. The standard InChI is InChI=1S/C13H12BrFN2O2S/c14-10-7-9(8-16)5-6-13(10)20(18,19)17-12-4-2-1-3-11(12)15/h1-7,17H,8,16H2. The van der Waals surface area contributed by atoms with E-state index in [0.717, 1.165) is 5.56 Å². The van der Waals surface area contributed by atoms with Crippen LogP contribution in [0, 0.1) is 5.82 Å². The molecule has 106 valence electrons. The second-order valence-electron chi connectivity index (χ2n) is 4.05. The first-order chi connectivity index (χ1) is 9.44. The van der Waals surface area contributed by atoms with Crippen LogP contribution in [0.2, 0.25) is 0 Å². The Balaban J connectivity index is 2.39. The monoisotopic (exact) mass is 358 g/mol. The molecule has 0 fully saturated rings. The van der Waals surface area contributed by atoms with Gasteiger partial charge in [-0.05, 0) is 45.8 Å². The molecule has 2 rings (SSSR count). The highest BCUT2D eigenvalue weighted by molar-refractivity contribution is 9.10. The van der Waals surface area contributed by atoms with Gasteiger partial charge in [0.1, 0.15) is 10.7 Å². The Kier molecular flexibility index (Phi) is 4.42. The largest absolute Gasteiger partial charge is 0.326 e. The maximum Gasteiger partial charge on any atom is 0.263 e. The summed E-state index contributed by atoms with van der Waals surface area (Å²) in [4.78, 5) is 0.0259. The zero-order valence-corrected chi connectivity index (χ0v) is 12.7. The molecule has 0 aliphatic carbocycles. The number of benzene rings is 2. The third kappa shape index (κ3) is 3.17. The van der Waals surface area contributed by atoms with E-state index >= 15 is 0 Å².